The maximum Gasteiger partial charge on any atom is 0.460 e. The van der Waals surface area contributed by atoms with Crippen molar-refractivity contribution in [3.05, 3.63) is 59.2 Å². The Hall–Kier alpha value is -3.05. The summed E-state index contributed by atoms with van der Waals surface area (Å²) in [4.78, 5) is 0. The Kier molecular flexibility index (Phi) is 7.00. The largest absolute Gasteiger partial charge is 0.460 e. The molecule has 0 spiro atoms. The van der Waals surface area contributed by atoms with Crippen molar-refractivity contribution < 1.29 is 69.8 Å². The van der Waals surface area contributed by atoms with Crippen LogP contribution >= 0.6 is 0 Å². The highest BCUT2D eigenvalue weighted by Crippen LogP contribution is 2.55. The van der Waals surface area contributed by atoms with Crippen LogP contribution in [0.2, 0.25) is 0 Å². The summed E-state index contributed by atoms with van der Waals surface area (Å²) in [6.45, 7) is 0. The smallest absolute Gasteiger partial charge is 0.263 e. The van der Waals surface area contributed by atoms with Gasteiger partial charge in [-0.15, -0.1) is 0 Å². The second-order valence-corrected chi connectivity index (χ2v) is 9.33. The molecule has 38 heavy (non-hydrogen) atoms. The van der Waals surface area contributed by atoms with Crippen molar-refractivity contribution in [2.24, 2.45) is 5.16 Å². The van der Waals surface area contributed by atoms with Gasteiger partial charge in [0.05, 0.1) is 0 Å². The molecule has 0 atom stereocenters. The third kappa shape index (κ3) is 4.45. The molecule has 0 radical (unpaired) electrons. The zero-order valence-corrected chi connectivity index (χ0v) is 18.6. The Morgan fingerprint density at radius 3 is 1.89 bits per heavy atom. The molecule has 2 aromatic rings. The van der Waals surface area contributed by atoms with Crippen molar-refractivity contribution in [3.8, 4) is 11.1 Å². The van der Waals surface area contributed by atoms with Crippen LogP contribution in [0.3, 0.4) is 0 Å². The molecule has 0 fully saturated rings. The Balaban J connectivity index is 2.08. The molecule has 18 heteroatoms. The Labute approximate surface area is 203 Å². The summed E-state index contributed by atoms with van der Waals surface area (Å²) < 4.78 is 198. The van der Waals surface area contributed by atoms with Crippen LogP contribution < -0.4 is 0 Å². The van der Waals surface area contributed by atoms with Crippen LogP contribution in [-0.4, -0.2) is 49.8 Å². The summed E-state index contributed by atoms with van der Waals surface area (Å²) in [6.07, 6.45) is -12.1. The van der Waals surface area contributed by atoms with Crippen molar-refractivity contribution in [1.29, 1.82) is 0 Å². The van der Waals surface area contributed by atoms with E-state index in [1.165, 1.54) is 0 Å². The van der Waals surface area contributed by atoms with Gasteiger partial charge in [-0.25, -0.2) is 8.78 Å². The molecule has 2 aromatic carbocycles. The number of hydrogen-bond donors (Lipinski definition) is 0. The van der Waals surface area contributed by atoms with Crippen molar-refractivity contribution in [2.75, 3.05) is 0 Å². The third-order valence-electron chi connectivity index (χ3n) is 5.31. The van der Waals surface area contributed by atoms with Crippen molar-refractivity contribution in [3.63, 3.8) is 0 Å². The number of benzene rings is 2. The predicted octanol–water partition coefficient (Wildman–Crippen LogP) is 6.63. The van der Waals surface area contributed by atoms with Crippen molar-refractivity contribution >= 4 is 15.8 Å². The van der Waals surface area contributed by atoms with Gasteiger partial charge in [-0.3, -0.25) is 4.28 Å². The lowest BCUT2D eigenvalue weighted by Crippen LogP contribution is -2.63. The summed E-state index contributed by atoms with van der Waals surface area (Å²) in [5.74, 6) is -20.9. The van der Waals surface area contributed by atoms with Gasteiger partial charge >= 0.3 is 45.7 Å². The van der Waals surface area contributed by atoms with E-state index in [-0.39, 0.29) is 12.0 Å². The maximum absolute atomic E-state index is 14.2. The number of oxime groups is 1. The van der Waals surface area contributed by atoms with E-state index in [9.17, 15) is 65.5 Å². The fourth-order valence-electron chi connectivity index (χ4n) is 3.35. The molecule has 0 amide bonds. The van der Waals surface area contributed by atoms with Gasteiger partial charge in [-0.1, -0.05) is 41.6 Å². The topological polar surface area (TPSA) is 55.7 Å². The normalized spacial score (nSPS) is 15.5. The van der Waals surface area contributed by atoms with Gasteiger partial charge in [0.15, 0.2) is 5.71 Å². The van der Waals surface area contributed by atoms with Crippen LogP contribution in [0.1, 0.15) is 16.7 Å². The van der Waals surface area contributed by atoms with Crippen LogP contribution in [-0.2, 0) is 20.8 Å². The standard InChI is InChI=1S/C20H10F13NO3S/c21-15(22)16(23,24)14(10-5-6-13-11(8-10)7-9-3-1-2-4-12(9)13)34-37-38(35,36)20(32,33)18(27,28)17(25,26)19(29,30)31/h1-6,8,15H,7H2. The molecular weight excluding hydrogens is 581 g/mol. The molecule has 1 aliphatic carbocycles. The summed E-state index contributed by atoms with van der Waals surface area (Å²) in [5.41, 5.74) is -1.75. The minimum absolute atomic E-state index is 0.0167. The number of fused-ring (bicyclic) bond motifs is 3. The number of nitrogens with zero attached hydrogens (tertiary/aromatic N) is 1. The lowest BCUT2D eigenvalue weighted by atomic mass is 9.98. The van der Waals surface area contributed by atoms with Gasteiger partial charge < -0.3 is 0 Å². The van der Waals surface area contributed by atoms with Crippen molar-refractivity contribution in [1.82, 2.24) is 0 Å². The molecule has 0 heterocycles. The molecule has 1 aliphatic rings. The van der Waals surface area contributed by atoms with Crippen LogP contribution in [0.5, 0.6) is 0 Å². The van der Waals surface area contributed by atoms with Gasteiger partial charge in [0.25, 0.3) is 0 Å². The molecule has 0 unspecified atom stereocenters. The van der Waals surface area contributed by atoms with Gasteiger partial charge in [0.2, 0.25) is 0 Å². The average molecular weight is 591 g/mol. The van der Waals surface area contributed by atoms with E-state index in [0.717, 1.165) is 12.1 Å². The zero-order valence-electron chi connectivity index (χ0n) is 17.8. The fourth-order valence-corrected chi connectivity index (χ4v) is 4.06. The summed E-state index contributed by atoms with van der Waals surface area (Å²) >= 11 is 0. The van der Waals surface area contributed by atoms with E-state index in [2.05, 4.69) is 4.28 Å². The van der Waals surface area contributed by atoms with E-state index >= 15 is 0 Å². The van der Waals surface area contributed by atoms with E-state index < -0.39 is 57.0 Å². The van der Waals surface area contributed by atoms with E-state index in [4.69, 9.17) is 0 Å². The first-order valence-electron chi connectivity index (χ1n) is 9.69. The highest BCUT2D eigenvalue weighted by Gasteiger charge is 2.86. The lowest BCUT2D eigenvalue weighted by molar-refractivity contribution is -0.382. The van der Waals surface area contributed by atoms with Crippen LogP contribution in [0, 0.1) is 0 Å². The van der Waals surface area contributed by atoms with E-state index in [0.29, 0.717) is 22.8 Å². The van der Waals surface area contributed by atoms with Gasteiger partial charge in [0.1, 0.15) is 0 Å². The quantitative estimate of drug-likeness (QED) is 0.168. The average Bonchev–Trinajstić information content (AvgIpc) is 3.15. The van der Waals surface area contributed by atoms with Crippen LogP contribution in [0.4, 0.5) is 57.1 Å². The first-order chi connectivity index (χ1) is 17.1. The Morgan fingerprint density at radius 1 is 0.789 bits per heavy atom. The van der Waals surface area contributed by atoms with Gasteiger partial charge in [0, 0.05) is 5.56 Å². The Morgan fingerprint density at radius 2 is 1.34 bits per heavy atom. The molecule has 0 bridgehead atoms. The molecule has 0 aromatic heterocycles. The SMILES string of the molecule is O=S(=O)(ON=C(c1ccc2c(c1)Cc1ccccc1-2)C(F)(F)C(F)F)C(F)(F)C(F)(F)C(F)(F)C(F)(F)F. The Bertz CT molecular complexity index is 1370. The molecule has 4 nitrogen and oxygen atoms in total. The minimum Gasteiger partial charge on any atom is -0.263 e. The van der Waals surface area contributed by atoms with Crippen LogP contribution in [0.15, 0.2) is 47.6 Å². The monoisotopic (exact) mass is 591 g/mol. The maximum atomic E-state index is 14.2. The molecule has 3 rings (SSSR count). The first kappa shape index (κ1) is 29.5. The summed E-state index contributed by atoms with van der Waals surface area (Å²) in [6, 6.07) is 8.83. The number of hydrogen-bond acceptors (Lipinski definition) is 4. The van der Waals surface area contributed by atoms with Crippen molar-refractivity contribution in [2.45, 2.75) is 42.0 Å². The molecule has 0 aliphatic heterocycles. The molecule has 210 valence electrons. The second kappa shape index (κ2) is 9.01. The summed E-state index contributed by atoms with van der Waals surface area (Å²) in [5, 5.41) is -5.52. The summed E-state index contributed by atoms with van der Waals surface area (Å²) in [7, 11) is -7.73. The second-order valence-electron chi connectivity index (χ2n) is 7.76. The molecule has 0 saturated carbocycles. The van der Waals surface area contributed by atoms with Gasteiger partial charge in [-0.2, -0.15) is 56.7 Å². The van der Waals surface area contributed by atoms with Gasteiger partial charge in [-0.05, 0) is 34.7 Å². The third-order valence-corrected chi connectivity index (χ3v) is 6.47. The number of alkyl halides is 13. The molecular formula is C20H10F13NO3S. The van der Waals surface area contributed by atoms with E-state index in [1.54, 1.807) is 24.3 Å². The minimum atomic E-state index is -7.75. The number of halogens is 13. The fraction of sp³-hybridized carbons (Fsp3) is 0.350. The predicted molar refractivity (Wildman–Crippen MR) is 103 cm³/mol. The van der Waals surface area contributed by atoms with Crippen LogP contribution in [0.25, 0.3) is 11.1 Å². The highest BCUT2D eigenvalue weighted by molar-refractivity contribution is 7.87. The molecule has 0 N–H and O–H groups in total. The highest BCUT2D eigenvalue weighted by atomic mass is 32.2. The van der Waals surface area contributed by atoms with E-state index in [1.807, 2.05) is 5.16 Å². The lowest BCUT2D eigenvalue weighted by Gasteiger charge is -2.32. The molecule has 0 saturated heterocycles. The number of rotatable bonds is 8. The zero-order chi connectivity index (χ0) is 29.1. The first-order valence-corrected chi connectivity index (χ1v) is 11.1.